The summed E-state index contributed by atoms with van der Waals surface area (Å²) in [6, 6.07) is 7.02. The average molecular weight is 233 g/mol. The van der Waals surface area contributed by atoms with Gasteiger partial charge in [0.15, 0.2) is 0 Å². The van der Waals surface area contributed by atoms with E-state index in [1.165, 1.54) is 0 Å². The van der Waals surface area contributed by atoms with Crippen molar-refractivity contribution in [1.82, 2.24) is 0 Å². The number of carbonyl (C=O) groups excluding carboxylic acids is 1. The third kappa shape index (κ3) is 3.68. The molecule has 5 heteroatoms. The van der Waals surface area contributed by atoms with E-state index < -0.39 is 11.7 Å². The van der Waals surface area contributed by atoms with Gasteiger partial charge >= 0.3 is 6.09 Å². The van der Waals surface area contributed by atoms with Crippen LogP contribution in [0.3, 0.4) is 0 Å². The quantitative estimate of drug-likeness (QED) is 0.773. The Labute approximate surface area is 100.0 Å². The molecule has 0 aliphatic heterocycles. The normalized spacial score (nSPS) is 10.6. The first-order valence-corrected chi connectivity index (χ1v) is 5.11. The van der Waals surface area contributed by atoms with Crippen LogP contribution >= 0.6 is 0 Å². The van der Waals surface area contributed by atoms with E-state index in [9.17, 15) is 4.79 Å². The van der Waals surface area contributed by atoms with Crippen LogP contribution in [-0.4, -0.2) is 11.7 Å². The zero-order chi connectivity index (χ0) is 13.1. The number of hydrogen-bond donors (Lipinski definition) is 2. The smallest absolute Gasteiger partial charge is 0.405 e. The largest absolute Gasteiger partial charge is 0.443 e. The van der Waals surface area contributed by atoms with Crippen molar-refractivity contribution in [3.05, 3.63) is 29.3 Å². The summed E-state index contributed by atoms with van der Waals surface area (Å²) in [5.74, 6) is 0. The second kappa shape index (κ2) is 4.74. The van der Waals surface area contributed by atoms with Gasteiger partial charge in [-0.05, 0) is 31.5 Å². The lowest BCUT2D eigenvalue weighted by molar-refractivity contribution is 0.0461. The minimum absolute atomic E-state index is 0.438. The van der Waals surface area contributed by atoms with Gasteiger partial charge in [0, 0.05) is 12.1 Å². The summed E-state index contributed by atoms with van der Waals surface area (Å²) in [7, 11) is 0. The van der Waals surface area contributed by atoms with E-state index in [-0.39, 0.29) is 0 Å². The number of nitrogens with zero attached hydrogens (tertiary/aromatic N) is 1. The van der Waals surface area contributed by atoms with Crippen molar-refractivity contribution >= 4 is 11.8 Å². The first-order valence-electron chi connectivity index (χ1n) is 5.11. The Balaban J connectivity index is 2.89. The topological polar surface area (TPSA) is 102 Å². The minimum atomic E-state index is -0.817. The molecule has 0 fully saturated rings. The van der Waals surface area contributed by atoms with E-state index in [1.807, 2.05) is 6.07 Å². The molecule has 0 aliphatic carbocycles. The standard InChI is InChI=1S/C12H15N3O2/c1-12(2,17-11(15)16)6-9-4-3-8(7-13)5-10(9)14/h3-5H,6,14H2,1-2H3,(H2,15,16). The van der Waals surface area contributed by atoms with E-state index in [0.717, 1.165) is 5.56 Å². The predicted molar refractivity (Wildman–Crippen MR) is 64.0 cm³/mol. The van der Waals surface area contributed by atoms with Crippen molar-refractivity contribution in [1.29, 1.82) is 5.26 Å². The van der Waals surface area contributed by atoms with Gasteiger partial charge < -0.3 is 16.2 Å². The summed E-state index contributed by atoms with van der Waals surface area (Å²) in [5.41, 5.74) is 11.9. The molecule has 90 valence electrons. The molecule has 0 atom stereocenters. The van der Waals surface area contributed by atoms with Gasteiger partial charge in [-0.3, -0.25) is 0 Å². The summed E-state index contributed by atoms with van der Waals surface area (Å²) in [4.78, 5) is 10.7. The van der Waals surface area contributed by atoms with E-state index in [1.54, 1.807) is 32.0 Å². The molecular formula is C12H15N3O2. The maximum absolute atomic E-state index is 10.7. The molecule has 0 bridgehead atoms. The fourth-order valence-electron chi connectivity index (χ4n) is 1.59. The zero-order valence-electron chi connectivity index (χ0n) is 9.86. The Hall–Kier alpha value is -2.22. The van der Waals surface area contributed by atoms with Gasteiger partial charge in [0.2, 0.25) is 0 Å². The number of primary amides is 1. The van der Waals surface area contributed by atoms with E-state index >= 15 is 0 Å². The van der Waals surface area contributed by atoms with Crippen molar-refractivity contribution in [3.63, 3.8) is 0 Å². The van der Waals surface area contributed by atoms with Crippen LogP contribution in [0.25, 0.3) is 0 Å². The van der Waals surface area contributed by atoms with Gasteiger partial charge in [0.25, 0.3) is 0 Å². The Morgan fingerprint density at radius 1 is 1.53 bits per heavy atom. The highest BCUT2D eigenvalue weighted by Gasteiger charge is 2.23. The third-order valence-corrected chi connectivity index (χ3v) is 2.27. The maximum atomic E-state index is 10.7. The molecule has 1 aromatic rings. The van der Waals surface area contributed by atoms with Crippen molar-refractivity contribution < 1.29 is 9.53 Å². The molecule has 5 nitrogen and oxygen atoms in total. The molecule has 0 aliphatic rings. The summed E-state index contributed by atoms with van der Waals surface area (Å²) >= 11 is 0. The number of anilines is 1. The molecule has 0 unspecified atom stereocenters. The molecule has 1 amide bonds. The second-order valence-corrected chi connectivity index (χ2v) is 4.38. The molecule has 0 radical (unpaired) electrons. The van der Waals surface area contributed by atoms with E-state index in [4.69, 9.17) is 21.5 Å². The van der Waals surface area contributed by atoms with Crippen LogP contribution in [0.5, 0.6) is 0 Å². The van der Waals surface area contributed by atoms with Crippen LogP contribution in [0, 0.1) is 11.3 Å². The molecule has 0 saturated heterocycles. The van der Waals surface area contributed by atoms with E-state index in [0.29, 0.717) is 17.7 Å². The number of carbonyl (C=O) groups is 1. The number of nitrogen functional groups attached to an aromatic ring is 1. The summed E-state index contributed by atoms with van der Waals surface area (Å²) in [6.07, 6.45) is -0.379. The first kappa shape index (κ1) is 12.8. The minimum Gasteiger partial charge on any atom is -0.443 e. The molecule has 1 aromatic carbocycles. The fourth-order valence-corrected chi connectivity index (χ4v) is 1.59. The van der Waals surface area contributed by atoms with Crippen molar-refractivity contribution in [3.8, 4) is 6.07 Å². The van der Waals surface area contributed by atoms with Gasteiger partial charge in [-0.1, -0.05) is 6.07 Å². The molecule has 0 aromatic heterocycles. The number of nitriles is 1. The predicted octanol–water partition coefficient (Wildman–Crippen LogP) is 1.56. The highest BCUT2D eigenvalue weighted by molar-refractivity contribution is 5.65. The summed E-state index contributed by atoms with van der Waals surface area (Å²) < 4.78 is 4.97. The van der Waals surface area contributed by atoms with Crippen molar-refractivity contribution in [2.45, 2.75) is 25.9 Å². The average Bonchev–Trinajstić information content (AvgIpc) is 2.18. The lowest BCUT2D eigenvalue weighted by Gasteiger charge is -2.24. The SMILES string of the molecule is CC(C)(Cc1ccc(C#N)cc1N)OC(N)=O. The maximum Gasteiger partial charge on any atom is 0.405 e. The Morgan fingerprint density at radius 3 is 2.65 bits per heavy atom. The lowest BCUT2D eigenvalue weighted by Crippen LogP contribution is -2.33. The Bertz CT molecular complexity index is 475. The molecule has 0 saturated carbocycles. The van der Waals surface area contributed by atoms with Crippen LogP contribution < -0.4 is 11.5 Å². The van der Waals surface area contributed by atoms with Crippen LogP contribution in [0.2, 0.25) is 0 Å². The summed E-state index contributed by atoms with van der Waals surface area (Å²) in [5, 5.41) is 8.71. The van der Waals surface area contributed by atoms with Crippen molar-refractivity contribution in [2.75, 3.05) is 5.73 Å². The number of benzene rings is 1. The van der Waals surface area contributed by atoms with Crippen LogP contribution in [-0.2, 0) is 11.2 Å². The first-order chi connectivity index (χ1) is 7.84. The van der Waals surface area contributed by atoms with Gasteiger partial charge in [-0.15, -0.1) is 0 Å². The highest BCUT2D eigenvalue weighted by Crippen LogP contribution is 2.22. The van der Waals surface area contributed by atoms with Gasteiger partial charge in [-0.25, -0.2) is 4.79 Å². The van der Waals surface area contributed by atoms with Crippen LogP contribution in [0.1, 0.15) is 25.0 Å². The lowest BCUT2D eigenvalue weighted by atomic mass is 9.96. The van der Waals surface area contributed by atoms with Crippen molar-refractivity contribution in [2.24, 2.45) is 5.73 Å². The second-order valence-electron chi connectivity index (χ2n) is 4.38. The molecular weight excluding hydrogens is 218 g/mol. The molecule has 1 rings (SSSR count). The zero-order valence-corrected chi connectivity index (χ0v) is 9.86. The molecule has 0 spiro atoms. The van der Waals surface area contributed by atoms with Gasteiger partial charge in [-0.2, -0.15) is 5.26 Å². The van der Waals surface area contributed by atoms with Crippen LogP contribution in [0.4, 0.5) is 10.5 Å². The fraction of sp³-hybridized carbons (Fsp3) is 0.333. The number of rotatable bonds is 3. The van der Waals surface area contributed by atoms with E-state index in [2.05, 4.69) is 0 Å². The molecule has 4 N–H and O–H groups in total. The van der Waals surface area contributed by atoms with Gasteiger partial charge in [0.1, 0.15) is 5.60 Å². The Kier molecular flexibility index (Phi) is 3.59. The number of hydrogen-bond acceptors (Lipinski definition) is 4. The summed E-state index contributed by atoms with van der Waals surface area (Å²) in [6.45, 7) is 3.49. The van der Waals surface area contributed by atoms with Gasteiger partial charge in [0.05, 0.1) is 11.6 Å². The number of nitrogens with two attached hydrogens (primary N) is 2. The Morgan fingerprint density at radius 2 is 2.18 bits per heavy atom. The monoisotopic (exact) mass is 233 g/mol. The number of ether oxygens (including phenoxy) is 1. The molecule has 17 heavy (non-hydrogen) atoms. The van der Waals surface area contributed by atoms with Crippen LogP contribution in [0.15, 0.2) is 18.2 Å². The molecule has 0 heterocycles. The highest BCUT2D eigenvalue weighted by atomic mass is 16.6. The number of amides is 1. The third-order valence-electron chi connectivity index (χ3n) is 2.27.